The number of nitrogens with one attached hydrogen (secondary N) is 4. The Morgan fingerprint density at radius 1 is 1.00 bits per heavy atom. The fourth-order valence-corrected chi connectivity index (χ4v) is 4.36. The first kappa shape index (κ1) is 30.3. The standard InChI is InChI=1S/C25H40N6O8/c1-24(2,3)39-23(35)29-11-20(34)28-10-19(33)27-9-18(32)26-8-17-22-21(37-25(4,5)38-22)16(14-36-17)15-12-30(6)31(7)13-15/h12-13,16-17,21-22H,8-11,14H2,1-7H3,(H3-,26,27,28,29,32,33,34,35)/p+1/t16-,17+,21+,22-/m0/s1. The molecule has 0 aliphatic carbocycles. The third kappa shape index (κ3) is 8.90. The smallest absolute Gasteiger partial charge is 0.408 e. The number of hydrogen-bond acceptors (Lipinski definition) is 8. The van der Waals surface area contributed by atoms with Gasteiger partial charge in [0.2, 0.25) is 17.7 Å². The molecule has 1 aromatic rings. The molecule has 0 aromatic carbocycles. The minimum absolute atomic E-state index is 0.0232. The van der Waals surface area contributed by atoms with E-state index in [9.17, 15) is 19.2 Å². The molecular weight excluding hydrogens is 512 g/mol. The zero-order valence-electron chi connectivity index (χ0n) is 23.7. The van der Waals surface area contributed by atoms with Crippen LogP contribution in [0.2, 0.25) is 0 Å². The summed E-state index contributed by atoms with van der Waals surface area (Å²) in [5.41, 5.74) is 0.387. The highest BCUT2D eigenvalue weighted by Crippen LogP contribution is 2.41. The van der Waals surface area contributed by atoms with E-state index in [0.717, 1.165) is 5.56 Å². The fourth-order valence-electron chi connectivity index (χ4n) is 4.36. The molecule has 1 aromatic heterocycles. The molecule has 14 heteroatoms. The Hall–Kier alpha value is -3.23. The Balaban J connectivity index is 1.39. The molecule has 218 valence electrons. The van der Waals surface area contributed by atoms with Crippen LogP contribution >= 0.6 is 0 Å². The van der Waals surface area contributed by atoms with Crippen LogP contribution in [0.1, 0.15) is 46.1 Å². The lowest BCUT2D eigenvalue weighted by Gasteiger charge is -2.36. The van der Waals surface area contributed by atoms with Crippen molar-refractivity contribution in [1.82, 2.24) is 25.9 Å². The second-order valence-electron chi connectivity index (χ2n) is 11.2. The number of aromatic nitrogens is 2. The first-order valence-corrected chi connectivity index (χ1v) is 12.9. The molecule has 4 atom stereocenters. The maximum absolute atomic E-state index is 12.4. The Kier molecular flexibility index (Phi) is 9.56. The first-order valence-electron chi connectivity index (χ1n) is 12.9. The van der Waals surface area contributed by atoms with Crippen molar-refractivity contribution in [1.29, 1.82) is 0 Å². The van der Waals surface area contributed by atoms with Crippen LogP contribution in [0, 0.1) is 0 Å². The zero-order chi connectivity index (χ0) is 29.0. The molecule has 4 amide bonds. The molecule has 3 rings (SSSR count). The van der Waals surface area contributed by atoms with Crippen LogP contribution in [-0.2, 0) is 47.4 Å². The highest BCUT2D eigenvalue weighted by atomic mass is 16.8. The van der Waals surface area contributed by atoms with E-state index in [1.807, 2.05) is 49.7 Å². The summed E-state index contributed by atoms with van der Waals surface area (Å²) >= 11 is 0. The predicted octanol–water partition coefficient (Wildman–Crippen LogP) is -1.27. The Morgan fingerprint density at radius 3 is 2.13 bits per heavy atom. The van der Waals surface area contributed by atoms with Gasteiger partial charge in [-0.05, 0) is 34.6 Å². The topological polar surface area (TPSA) is 162 Å². The summed E-state index contributed by atoms with van der Waals surface area (Å²) in [5, 5.41) is 9.85. The van der Waals surface area contributed by atoms with Gasteiger partial charge in [0.1, 0.15) is 24.4 Å². The van der Waals surface area contributed by atoms with E-state index in [1.54, 1.807) is 20.8 Å². The van der Waals surface area contributed by atoms with Gasteiger partial charge in [-0.3, -0.25) is 14.4 Å². The highest BCUT2D eigenvalue weighted by molar-refractivity contribution is 5.89. The van der Waals surface area contributed by atoms with Crippen LogP contribution in [0.4, 0.5) is 4.79 Å². The lowest BCUT2D eigenvalue weighted by molar-refractivity contribution is -0.751. The molecule has 14 nitrogen and oxygen atoms in total. The lowest BCUT2D eigenvalue weighted by atomic mass is 9.88. The van der Waals surface area contributed by atoms with Crippen molar-refractivity contribution in [3.63, 3.8) is 0 Å². The number of aryl methyl sites for hydroxylation is 2. The van der Waals surface area contributed by atoms with Gasteiger partial charge in [0.05, 0.1) is 39.0 Å². The predicted molar refractivity (Wildman–Crippen MR) is 136 cm³/mol. The van der Waals surface area contributed by atoms with Gasteiger partial charge in [0.25, 0.3) is 0 Å². The SMILES string of the molecule is Cn1cc([C@@H]2CO[C@H](CNC(=O)CNC(=O)CNC(=O)CNC(=O)OC(C)(C)C)[C@@H]3OC(C)(C)O[C@@H]32)c[n+]1C. The van der Waals surface area contributed by atoms with Gasteiger partial charge in [-0.25, -0.2) is 4.79 Å². The van der Waals surface area contributed by atoms with Gasteiger partial charge in [-0.2, -0.15) is 4.68 Å². The van der Waals surface area contributed by atoms with Crippen molar-refractivity contribution in [2.24, 2.45) is 14.1 Å². The summed E-state index contributed by atoms with van der Waals surface area (Å²) in [7, 11) is 3.91. The molecule has 3 heterocycles. The van der Waals surface area contributed by atoms with E-state index in [-0.39, 0.29) is 44.3 Å². The molecule has 0 radical (unpaired) electrons. The average Bonchev–Trinajstić information content (AvgIpc) is 3.34. The molecule has 2 fully saturated rings. The third-order valence-corrected chi connectivity index (χ3v) is 6.20. The number of hydrogen-bond donors (Lipinski definition) is 4. The van der Waals surface area contributed by atoms with Gasteiger partial charge < -0.3 is 40.2 Å². The molecule has 2 aliphatic heterocycles. The Bertz CT molecular complexity index is 1050. The maximum Gasteiger partial charge on any atom is 0.408 e. The summed E-state index contributed by atoms with van der Waals surface area (Å²) < 4.78 is 27.4. The normalized spacial score (nSPS) is 23.9. The number of carbonyl (C=O) groups excluding carboxylic acids is 4. The van der Waals surface area contributed by atoms with E-state index >= 15 is 0 Å². The second kappa shape index (κ2) is 12.3. The molecule has 0 bridgehead atoms. The molecule has 2 saturated heterocycles. The summed E-state index contributed by atoms with van der Waals surface area (Å²) in [4.78, 5) is 47.8. The van der Waals surface area contributed by atoms with Gasteiger partial charge in [0, 0.05) is 18.0 Å². The van der Waals surface area contributed by atoms with E-state index in [2.05, 4.69) is 21.3 Å². The van der Waals surface area contributed by atoms with Crippen molar-refractivity contribution >= 4 is 23.8 Å². The first-order chi connectivity index (χ1) is 18.1. The molecule has 0 unspecified atom stereocenters. The largest absolute Gasteiger partial charge is 0.444 e. The van der Waals surface area contributed by atoms with Gasteiger partial charge in [-0.1, -0.05) is 0 Å². The van der Waals surface area contributed by atoms with E-state index in [0.29, 0.717) is 6.61 Å². The third-order valence-electron chi connectivity index (χ3n) is 6.20. The summed E-state index contributed by atoms with van der Waals surface area (Å²) in [6.45, 7) is 8.41. The van der Waals surface area contributed by atoms with Crippen molar-refractivity contribution in [2.45, 2.75) is 70.2 Å². The van der Waals surface area contributed by atoms with Gasteiger partial charge in [-0.15, -0.1) is 4.68 Å². The number of ether oxygens (including phenoxy) is 4. The number of fused-ring (bicyclic) bond motifs is 1. The monoisotopic (exact) mass is 553 g/mol. The summed E-state index contributed by atoms with van der Waals surface area (Å²) in [6, 6.07) is 0. The van der Waals surface area contributed by atoms with E-state index in [1.165, 1.54) is 0 Å². The Morgan fingerprint density at radius 2 is 1.56 bits per heavy atom. The lowest BCUT2D eigenvalue weighted by Crippen LogP contribution is -2.52. The summed E-state index contributed by atoms with van der Waals surface area (Å²) in [6.07, 6.45) is 2.27. The molecule has 4 N–H and O–H groups in total. The minimum atomic E-state index is -0.790. The molecule has 39 heavy (non-hydrogen) atoms. The zero-order valence-corrected chi connectivity index (χ0v) is 23.7. The molecule has 2 aliphatic rings. The van der Waals surface area contributed by atoms with Crippen LogP contribution in [0.15, 0.2) is 12.4 Å². The van der Waals surface area contributed by atoms with Crippen LogP contribution in [0.5, 0.6) is 0 Å². The molecular formula is C25H41N6O8+. The number of alkyl carbamates (subject to hydrolysis) is 1. The van der Waals surface area contributed by atoms with Gasteiger partial charge in [0.15, 0.2) is 19.0 Å². The Labute approximate surface area is 228 Å². The quantitative estimate of drug-likeness (QED) is 0.275. The van der Waals surface area contributed by atoms with E-state index in [4.69, 9.17) is 18.9 Å². The van der Waals surface area contributed by atoms with Crippen LogP contribution < -0.4 is 25.9 Å². The summed E-state index contributed by atoms with van der Waals surface area (Å²) in [5.74, 6) is -2.37. The van der Waals surface area contributed by atoms with Crippen LogP contribution in [-0.4, -0.2) is 91.0 Å². The number of amides is 4. The highest BCUT2D eigenvalue weighted by Gasteiger charge is 2.52. The van der Waals surface area contributed by atoms with E-state index < -0.39 is 41.3 Å². The molecule has 0 saturated carbocycles. The van der Waals surface area contributed by atoms with Gasteiger partial charge >= 0.3 is 6.09 Å². The average molecular weight is 554 g/mol. The molecule has 0 spiro atoms. The minimum Gasteiger partial charge on any atom is -0.444 e. The van der Waals surface area contributed by atoms with Crippen molar-refractivity contribution in [3.8, 4) is 0 Å². The van der Waals surface area contributed by atoms with Crippen molar-refractivity contribution < 1.29 is 42.8 Å². The number of nitrogens with zero attached hydrogens (tertiary/aromatic N) is 2. The van der Waals surface area contributed by atoms with Crippen molar-refractivity contribution in [2.75, 3.05) is 32.8 Å². The maximum atomic E-state index is 12.4. The second-order valence-corrected chi connectivity index (χ2v) is 11.2. The number of carbonyl (C=O) groups is 4. The van der Waals surface area contributed by atoms with Crippen molar-refractivity contribution in [3.05, 3.63) is 18.0 Å². The fraction of sp³-hybridized carbons (Fsp3) is 0.720. The number of rotatable bonds is 9. The van der Waals surface area contributed by atoms with Crippen LogP contribution in [0.3, 0.4) is 0 Å². The van der Waals surface area contributed by atoms with Crippen LogP contribution in [0.25, 0.3) is 0 Å².